The Morgan fingerprint density at radius 2 is 1.76 bits per heavy atom. The van der Waals surface area contributed by atoms with Gasteiger partial charge >= 0.3 is 0 Å². The van der Waals surface area contributed by atoms with Crippen molar-refractivity contribution < 1.29 is 13.2 Å². The predicted molar refractivity (Wildman–Crippen MR) is 61.5 cm³/mol. The molecule has 0 amide bonds. The monoisotopic (exact) mass is 237 g/mol. The third-order valence-corrected chi connectivity index (χ3v) is 2.70. The van der Waals surface area contributed by atoms with Crippen LogP contribution in [0.25, 0.3) is 11.3 Å². The number of hydrogen-bond acceptors (Lipinski definition) is 2. The van der Waals surface area contributed by atoms with E-state index in [1.54, 1.807) is 19.2 Å². The maximum Gasteiger partial charge on any atom is 0.140 e. The third-order valence-electron chi connectivity index (χ3n) is 2.70. The molecule has 1 aromatic carbocycles. The Bertz CT molecular complexity index is 502. The fourth-order valence-corrected chi connectivity index (χ4v) is 1.60. The topological polar surface area (TPSA) is 25.2 Å². The van der Waals surface area contributed by atoms with Crippen LogP contribution in [0, 0.1) is 11.6 Å². The Morgan fingerprint density at radius 1 is 1.12 bits per heavy atom. The van der Waals surface area contributed by atoms with Crippen LogP contribution in [0.4, 0.5) is 8.78 Å². The zero-order valence-electron chi connectivity index (χ0n) is 9.63. The molecule has 90 valence electrons. The van der Waals surface area contributed by atoms with Crippen molar-refractivity contribution in [2.24, 2.45) is 0 Å². The summed E-state index contributed by atoms with van der Waals surface area (Å²) >= 11 is 0. The van der Waals surface area contributed by atoms with Crippen molar-refractivity contribution in [2.75, 3.05) is 7.05 Å². The summed E-state index contributed by atoms with van der Waals surface area (Å²) < 4.78 is 32.5. The first-order chi connectivity index (χ1) is 8.13. The van der Waals surface area contributed by atoms with Gasteiger partial charge in [-0.1, -0.05) is 6.07 Å². The van der Waals surface area contributed by atoms with Crippen molar-refractivity contribution in [3.63, 3.8) is 0 Å². The Hall–Kier alpha value is -1.68. The minimum Gasteiger partial charge on any atom is -0.459 e. The average Bonchev–Trinajstić information content (AvgIpc) is 2.77. The van der Waals surface area contributed by atoms with Crippen molar-refractivity contribution in [3.05, 3.63) is 47.7 Å². The SMILES string of the molecule is CNC(C)c1ccc(-c2c(F)cccc2F)o1. The van der Waals surface area contributed by atoms with Gasteiger partial charge in [0, 0.05) is 0 Å². The molecule has 1 N–H and O–H groups in total. The normalized spacial score (nSPS) is 12.7. The third kappa shape index (κ3) is 2.22. The fourth-order valence-electron chi connectivity index (χ4n) is 1.60. The summed E-state index contributed by atoms with van der Waals surface area (Å²) in [6.07, 6.45) is 0. The first-order valence-corrected chi connectivity index (χ1v) is 5.35. The van der Waals surface area contributed by atoms with Crippen LogP contribution in [0.3, 0.4) is 0 Å². The van der Waals surface area contributed by atoms with E-state index in [0.29, 0.717) is 5.76 Å². The van der Waals surface area contributed by atoms with Gasteiger partial charge in [-0.25, -0.2) is 8.78 Å². The highest BCUT2D eigenvalue weighted by Crippen LogP contribution is 2.29. The number of hydrogen-bond donors (Lipinski definition) is 1. The minimum atomic E-state index is -0.622. The molecule has 1 unspecified atom stereocenters. The van der Waals surface area contributed by atoms with Gasteiger partial charge in [0.15, 0.2) is 0 Å². The van der Waals surface area contributed by atoms with Crippen molar-refractivity contribution in [1.82, 2.24) is 5.32 Å². The van der Waals surface area contributed by atoms with Crippen LogP contribution < -0.4 is 5.32 Å². The number of nitrogens with one attached hydrogen (secondary N) is 1. The lowest BCUT2D eigenvalue weighted by atomic mass is 10.1. The molecule has 0 bridgehead atoms. The number of furan rings is 1. The van der Waals surface area contributed by atoms with Crippen LogP contribution >= 0.6 is 0 Å². The lowest BCUT2D eigenvalue weighted by Crippen LogP contribution is -2.11. The molecule has 2 nitrogen and oxygen atoms in total. The van der Waals surface area contributed by atoms with Crippen molar-refractivity contribution >= 4 is 0 Å². The molecule has 1 heterocycles. The number of halogens is 2. The van der Waals surface area contributed by atoms with E-state index < -0.39 is 11.6 Å². The van der Waals surface area contributed by atoms with Crippen LogP contribution in [0.15, 0.2) is 34.7 Å². The Balaban J connectivity index is 2.44. The van der Waals surface area contributed by atoms with E-state index in [1.165, 1.54) is 18.2 Å². The molecule has 0 aliphatic rings. The smallest absolute Gasteiger partial charge is 0.140 e. The summed E-state index contributed by atoms with van der Waals surface area (Å²) in [4.78, 5) is 0. The number of benzene rings is 1. The summed E-state index contributed by atoms with van der Waals surface area (Å²) in [5.41, 5.74) is -0.123. The molecule has 0 saturated carbocycles. The summed E-state index contributed by atoms with van der Waals surface area (Å²) in [5.74, 6) is -0.395. The van der Waals surface area contributed by atoms with E-state index in [4.69, 9.17) is 4.42 Å². The molecule has 0 fully saturated rings. The molecule has 4 heteroatoms. The second-order valence-electron chi connectivity index (χ2n) is 3.81. The maximum atomic E-state index is 13.5. The van der Waals surface area contributed by atoms with E-state index in [9.17, 15) is 8.78 Å². The first kappa shape index (κ1) is 11.8. The average molecular weight is 237 g/mol. The summed E-state index contributed by atoms with van der Waals surface area (Å²) in [6, 6.07) is 7.03. The lowest BCUT2D eigenvalue weighted by molar-refractivity contribution is 0.453. The molecule has 0 radical (unpaired) electrons. The molecule has 1 atom stereocenters. The zero-order chi connectivity index (χ0) is 12.4. The largest absolute Gasteiger partial charge is 0.459 e. The highest BCUT2D eigenvalue weighted by Gasteiger charge is 2.16. The highest BCUT2D eigenvalue weighted by molar-refractivity contribution is 5.59. The van der Waals surface area contributed by atoms with E-state index in [1.807, 2.05) is 6.92 Å². The Kier molecular flexibility index (Phi) is 3.24. The predicted octanol–water partition coefficient (Wildman–Crippen LogP) is 3.51. The van der Waals surface area contributed by atoms with E-state index in [0.717, 1.165) is 0 Å². The number of rotatable bonds is 3. The van der Waals surface area contributed by atoms with Gasteiger partial charge in [0.1, 0.15) is 23.2 Å². The molecule has 17 heavy (non-hydrogen) atoms. The van der Waals surface area contributed by atoms with Crippen molar-refractivity contribution in [3.8, 4) is 11.3 Å². The van der Waals surface area contributed by atoms with Gasteiger partial charge in [0.05, 0.1) is 11.6 Å². The van der Waals surface area contributed by atoms with Gasteiger partial charge in [-0.15, -0.1) is 0 Å². The summed E-state index contributed by atoms with van der Waals surface area (Å²) in [5, 5.41) is 2.99. The molecule has 2 aromatic rings. The van der Waals surface area contributed by atoms with Gasteiger partial charge < -0.3 is 9.73 Å². The Morgan fingerprint density at radius 3 is 2.35 bits per heavy atom. The lowest BCUT2D eigenvalue weighted by Gasteiger charge is -2.06. The van der Waals surface area contributed by atoms with Crippen LogP contribution in [0.1, 0.15) is 18.7 Å². The molecule has 0 saturated heterocycles. The highest BCUT2D eigenvalue weighted by atomic mass is 19.1. The van der Waals surface area contributed by atoms with Crippen LogP contribution in [0.5, 0.6) is 0 Å². The minimum absolute atomic E-state index is 0.00131. The van der Waals surface area contributed by atoms with E-state index in [-0.39, 0.29) is 17.4 Å². The molecule has 0 aliphatic carbocycles. The van der Waals surface area contributed by atoms with Crippen LogP contribution in [0.2, 0.25) is 0 Å². The fraction of sp³-hybridized carbons (Fsp3) is 0.231. The molecular formula is C13H13F2NO. The maximum absolute atomic E-state index is 13.5. The van der Waals surface area contributed by atoms with Gasteiger partial charge in [-0.3, -0.25) is 0 Å². The van der Waals surface area contributed by atoms with E-state index >= 15 is 0 Å². The van der Waals surface area contributed by atoms with Gasteiger partial charge in [-0.05, 0) is 38.2 Å². The van der Waals surface area contributed by atoms with Crippen molar-refractivity contribution in [1.29, 1.82) is 0 Å². The zero-order valence-corrected chi connectivity index (χ0v) is 9.63. The van der Waals surface area contributed by atoms with Gasteiger partial charge in [0.2, 0.25) is 0 Å². The Labute approximate surface area is 98.3 Å². The molecule has 0 aliphatic heterocycles. The molecule has 0 spiro atoms. The summed E-state index contributed by atoms with van der Waals surface area (Å²) in [6.45, 7) is 1.90. The second kappa shape index (κ2) is 4.67. The second-order valence-corrected chi connectivity index (χ2v) is 3.81. The molecular weight excluding hydrogens is 224 g/mol. The molecule has 1 aromatic heterocycles. The van der Waals surface area contributed by atoms with Crippen molar-refractivity contribution in [2.45, 2.75) is 13.0 Å². The molecule has 2 rings (SSSR count). The standard InChI is InChI=1S/C13H13F2NO/c1-8(16-2)11-6-7-12(17-11)13-9(14)4-3-5-10(13)15/h3-8,16H,1-2H3. The first-order valence-electron chi connectivity index (χ1n) is 5.35. The van der Waals surface area contributed by atoms with Gasteiger partial charge in [-0.2, -0.15) is 0 Å². The quantitative estimate of drug-likeness (QED) is 0.883. The van der Waals surface area contributed by atoms with Gasteiger partial charge in [0.25, 0.3) is 0 Å². The summed E-state index contributed by atoms with van der Waals surface area (Å²) in [7, 11) is 1.79. The van der Waals surface area contributed by atoms with E-state index in [2.05, 4.69) is 5.32 Å². The van der Waals surface area contributed by atoms with Crippen LogP contribution in [-0.2, 0) is 0 Å². The van der Waals surface area contributed by atoms with Crippen LogP contribution in [-0.4, -0.2) is 7.05 Å².